The molecule has 1 aromatic heterocycles. The van der Waals surface area contributed by atoms with E-state index < -0.39 is 0 Å². The molecule has 0 aliphatic rings. The van der Waals surface area contributed by atoms with E-state index >= 15 is 0 Å². The highest BCUT2D eigenvalue weighted by molar-refractivity contribution is 5.96. The number of oxime groups is 1. The van der Waals surface area contributed by atoms with E-state index in [2.05, 4.69) is 5.16 Å². The van der Waals surface area contributed by atoms with Gasteiger partial charge in [0.2, 0.25) is 0 Å². The zero-order valence-corrected chi connectivity index (χ0v) is 9.77. The molecule has 0 unspecified atom stereocenters. The zero-order chi connectivity index (χ0) is 12.3. The summed E-state index contributed by atoms with van der Waals surface area (Å²) >= 11 is 0. The maximum atomic E-state index is 12.0. The van der Waals surface area contributed by atoms with Crippen molar-refractivity contribution in [3.63, 3.8) is 0 Å². The summed E-state index contributed by atoms with van der Waals surface area (Å²) < 4.78 is 1.64. The second-order valence-corrected chi connectivity index (χ2v) is 4.18. The van der Waals surface area contributed by atoms with E-state index in [-0.39, 0.29) is 17.0 Å². The molecule has 0 saturated carbocycles. The SMILES string of the molecule is Cc1ccc(/C(N)=N\O)c(=O)n1CC(C)C. The van der Waals surface area contributed by atoms with Crippen molar-refractivity contribution in [2.24, 2.45) is 16.8 Å². The monoisotopic (exact) mass is 223 g/mol. The highest BCUT2D eigenvalue weighted by Gasteiger charge is 2.10. The quantitative estimate of drug-likeness (QED) is 0.346. The van der Waals surface area contributed by atoms with Crippen molar-refractivity contribution in [2.45, 2.75) is 27.3 Å². The van der Waals surface area contributed by atoms with Crippen LogP contribution < -0.4 is 11.3 Å². The summed E-state index contributed by atoms with van der Waals surface area (Å²) in [6, 6.07) is 3.36. The Morgan fingerprint density at radius 3 is 2.69 bits per heavy atom. The van der Waals surface area contributed by atoms with Crippen molar-refractivity contribution in [1.29, 1.82) is 0 Å². The van der Waals surface area contributed by atoms with Gasteiger partial charge in [0, 0.05) is 12.2 Å². The predicted molar refractivity (Wildman–Crippen MR) is 62.8 cm³/mol. The van der Waals surface area contributed by atoms with Crippen molar-refractivity contribution < 1.29 is 5.21 Å². The van der Waals surface area contributed by atoms with Crippen LogP contribution in [0.3, 0.4) is 0 Å². The topological polar surface area (TPSA) is 80.6 Å². The van der Waals surface area contributed by atoms with Crippen LogP contribution in [0.5, 0.6) is 0 Å². The number of aromatic nitrogens is 1. The zero-order valence-electron chi connectivity index (χ0n) is 9.77. The lowest BCUT2D eigenvalue weighted by Crippen LogP contribution is -2.32. The number of pyridine rings is 1. The van der Waals surface area contributed by atoms with Gasteiger partial charge in [-0.1, -0.05) is 19.0 Å². The van der Waals surface area contributed by atoms with E-state index in [0.717, 1.165) is 5.69 Å². The molecular formula is C11H17N3O2. The largest absolute Gasteiger partial charge is 0.409 e. The molecule has 0 saturated heterocycles. The molecule has 1 aromatic rings. The van der Waals surface area contributed by atoms with Crippen LogP contribution in [-0.4, -0.2) is 15.6 Å². The minimum atomic E-state index is -0.219. The lowest BCUT2D eigenvalue weighted by molar-refractivity contribution is 0.318. The Hall–Kier alpha value is -1.78. The van der Waals surface area contributed by atoms with Crippen LogP contribution in [0.25, 0.3) is 0 Å². The average Bonchev–Trinajstić information content (AvgIpc) is 2.23. The number of amidine groups is 1. The summed E-state index contributed by atoms with van der Waals surface area (Å²) in [5.41, 5.74) is 6.31. The molecule has 0 spiro atoms. The van der Waals surface area contributed by atoms with E-state index in [1.54, 1.807) is 16.7 Å². The highest BCUT2D eigenvalue weighted by Crippen LogP contribution is 2.03. The maximum absolute atomic E-state index is 12.0. The Morgan fingerprint density at radius 1 is 1.56 bits per heavy atom. The van der Waals surface area contributed by atoms with Crippen LogP contribution >= 0.6 is 0 Å². The molecule has 0 aliphatic heterocycles. The molecule has 3 N–H and O–H groups in total. The van der Waals surface area contributed by atoms with Gasteiger partial charge >= 0.3 is 0 Å². The maximum Gasteiger partial charge on any atom is 0.261 e. The molecule has 88 valence electrons. The summed E-state index contributed by atoms with van der Waals surface area (Å²) in [5.74, 6) is 0.210. The van der Waals surface area contributed by atoms with Gasteiger partial charge in [0.05, 0.1) is 5.56 Å². The second kappa shape index (κ2) is 4.83. The Kier molecular flexibility index (Phi) is 3.71. The van der Waals surface area contributed by atoms with E-state index in [9.17, 15) is 4.79 Å². The van der Waals surface area contributed by atoms with Gasteiger partial charge in [0.15, 0.2) is 5.84 Å². The Labute approximate surface area is 94.2 Å². The van der Waals surface area contributed by atoms with E-state index in [1.807, 2.05) is 20.8 Å². The molecular weight excluding hydrogens is 206 g/mol. The number of rotatable bonds is 3. The van der Waals surface area contributed by atoms with Crippen LogP contribution in [0.1, 0.15) is 25.1 Å². The summed E-state index contributed by atoms with van der Waals surface area (Å²) in [5, 5.41) is 11.4. The molecule has 5 heteroatoms. The van der Waals surface area contributed by atoms with Crippen molar-refractivity contribution in [3.8, 4) is 0 Å². The number of nitrogens with zero attached hydrogens (tertiary/aromatic N) is 2. The number of hydrogen-bond acceptors (Lipinski definition) is 3. The molecule has 0 bridgehead atoms. The summed E-state index contributed by atoms with van der Waals surface area (Å²) in [4.78, 5) is 12.0. The van der Waals surface area contributed by atoms with Crippen LogP contribution in [-0.2, 0) is 6.54 Å². The Morgan fingerprint density at radius 2 is 2.19 bits per heavy atom. The van der Waals surface area contributed by atoms with E-state index in [0.29, 0.717) is 12.5 Å². The molecule has 0 radical (unpaired) electrons. The third-order valence-electron chi connectivity index (χ3n) is 2.32. The predicted octanol–water partition coefficient (Wildman–Crippen LogP) is 0.907. The first-order valence-corrected chi connectivity index (χ1v) is 5.15. The van der Waals surface area contributed by atoms with Crippen molar-refractivity contribution >= 4 is 5.84 Å². The van der Waals surface area contributed by atoms with E-state index in [4.69, 9.17) is 10.9 Å². The first-order valence-electron chi connectivity index (χ1n) is 5.15. The summed E-state index contributed by atoms with van der Waals surface area (Å²) in [7, 11) is 0. The van der Waals surface area contributed by atoms with Gasteiger partial charge in [-0.3, -0.25) is 4.79 Å². The molecule has 1 heterocycles. The van der Waals surface area contributed by atoms with Crippen LogP contribution in [0.15, 0.2) is 22.1 Å². The van der Waals surface area contributed by atoms with Crippen molar-refractivity contribution in [3.05, 3.63) is 33.7 Å². The summed E-state index contributed by atoms with van der Waals surface area (Å²) in [6.07, 6.45) is 0. The van der Waals surface area contributed by atoms with Gasteiger partial charge in [-0.25, -0.2) is 0 Å². The summed E-state index contributed by atoms with van der Waals surface area (Å²) in [6.45, 7) is 6.54. The fraction of sp³-hybridized carbons (Fsp3) is 0.455. The van der Waals surface area contributed by atoms with Gasteiger partial charge in [0.1, 0.15) is 0 Å². The normalized spacial score (nSPS) is 12.1. The minimum absolute atomic E-state index is 0.150. The fourth-order valence-electron chi connectivity index (χ4n) is 1.51. The van der Waals surface area contributed by atoms with E-state index in [1.165, 1.54) is 0 Å². The number of aryl methyl sites for hydroxylation is 1. The van der Waals surface area contributed by atoms with Gasteiger partial charge in [-0.15, -0.1) is 0 Å². The smallest absolute Gasteiger partial charge is 0.261 e. The second-order valence-electron chi connectivity index (χ2n) is 4.18. The lowest BCUT2D eigenvalue weighted by atomic mass is 10.2. The Balaban J connectivity index is 3.33. The highest BCUT2D eigenvalue weighted by atomic mass is 16.4. The molecule has 0 atom stereocenters. The molecule has 5 nitrogen and oxygen atoms in total. The standard InChI is InChI=1S/C11H17N3O2/c1-7(2)6-14-8(3)4-5-9(11(14)15)10(12)13-16/h4-5,7,16H,6H2,1-3H3,(H2,12,13). The van der Waals surface area contributed by atoms with Gasteiger partial charge < -0.3 is 15.5 Å². The number of nitrogens with two attached hydrogens (primary N) is 1. The minimum Gasteiger partial charge on any atom is -0.409 e. The van der Waals surface area contributed by atoms with Crippen LogP contribution in [0, 0.1) is 12.8 Å². The average molecular weight is 223 g/mol. The van der Waals surface area contributed by atoms with Crippen LogP contribution in [0.4, 0.5) is 0 Å². The fourth-order valence-corrected chi connectivity index (χ4v) is 1.51. The van der Waals surface area contributed by atoms with Gasteiger partial charge in [0.25, 0.3) is 5.56 Å². The first kappa shape index (κ1) is 12.3. The first-order chi connectivity index (χ1) is 7.47. The molecule has 0 fully saturated rings. The van der Waals surface area contributed by atoms with Crippen LogP contribution in [0.2, 0.25) is 0 Å². The molecule has 1 rings (SSSR count). The van der Waals surface area contributed by atoms with Crippen molar-refractivity contribution in [2.75, 3.05) is 0 Å². The lowest BCUT2D eigenvalue weighted by Gasteiger charge is -2.13. The van der Waals surface area contributed by atoms with Gasteiger partial charge in [-0.05, 0) is 25.0 Å². The molecule has 16 heavy (non-hydrogen) atoms. The van der Waals surface area contributed by atoms with Crippen molar-refractivity contribution in [1.82, 2.24) is 4.57 Å². The van der Waals surface area contributed by atoms with Gasteiger partial charge in [-0.2, -0.15) is 0 Å². The molecule has 0 amide bonds. The molecule has 0 aliphatic carbocycles. The number of hydrogen-bond donors (Lipinski definition) is 2. The Bertz CT molecular complexity index is 461. The third-order valence-corrected chi connectivity index (χ3v) is 2.32. The third kappa shape index (κ3) is 2.42. The molecule has 0 aromatic carbocycles.